The molecule has 0 saturated heterocycles. The van der Waals surface area contributed by atoms with Gasteiger partial charge < -0.3 is 0 Å². The van der Waals surface area contributed by atoms with Gasteiger partial charge in [-0.25, -0.2) is 5.54 Å². The van der Waals surface area contributed by atoms with E-state index in [1.165, 1.54) is 11.7 Å². The van der Waals surface area contributed by atoms with Crippen molar-refractivity contribution in [2.75, 3.05) is 5.54 Å². The monoisotopic (exact) mass is 144 g/mol. The highest BCUT2D eigenvalue weighted by Gasteiger charge is 1.93. The number of nitrogens with zero attached hydrogens (tertiary/aromatic N) is 1. The fraction of sp³-hybridized carbons (Fsp3) is 0. The lowest BCUT2D eigenvalue weighted by Gasteiger charge is -1.96. The van der Waals surface area contributed by atoms with Crippen molar-refractivity contribution in [2.45, 2.75) is 4.90 Å². The summed E-state index contributed by atoms with van der Waals surface area (Å²) >= 11 is 3.94. The molecule has 0 aromatic carbocycles. The maximum atomic E-state index is 11.6. The first-order chi connectivity index (χ1) is 4.34. The van der Waals surface area contributed by atoms with Crippen molar-refractivity contribution in [1.82, 2.24) is 4.98 Å². The van der Waals surface area contributed by atoms with Crippen LogP contribution in [-0.4, -0.2) is 4.98 Å². The average molecular weight is 144 g/mol. The number of halogens is 1. The molecule has 0 aliphatic carbocycles. The van der Waals surface area contributed by atoms with Gasteiger partial charge in [0.25, 0.3) is 0 Å². The predicted molar refractivity (Wildman–Crippen MR) is 36.2 cm³/mol. The molecule has 0 unspecified atom stereocenters. The fourth-order valence-electron chi connectivity index (χ4n) is 0.460. The first-order valence-corrected chi connectivity index (χ1v) is 2.79. The Labute approximate surface area is 57.5 Å². The highest BCUT2D eigenvalue weighted by atomic mass is 32.1. The number of anilines is 1. The summed E-state index contributed by atoms with van der Waals surface area (Å²) < 4.78 is 11.6. The zero-order valence-electron chi connectivity index (χ0n) is 4.50. The van der Waals surface area contributed by atoms with Crippen molar-refractivity contribution in [3.05, 3.63) is 18.5 Å². The second-order valence-corrected chi connectivity index (χ2v) is 1.97. The van der Waals surface area contributed by atoms with E-state index in [0.29, 0.717) is 10.6 Å². The summed E-state index contributed by atoms with van der Waals surface area (Å²) in [5, 5.41) is 0. The van der Waals surface area contributed by atoms with Gasteiger partial charge in [0.2, 0.25) is 0 Å². The predicted octanol–water partition coefficient (Wildman–Crippen LogP) is 1.67. The van der Waals surface area contributed by atoms with Gasteiger partial charge in [0.05, 0.1) is 11.9 Å². The fourth-order valence-corrected chi connectivity index (χ4v) is 0.627. The minimum atomic E-state index is 0.292. The van der Waals surface area contributed by atoms with Gasteiger partial charge in [-0.1, -0.05) is 0 Å². The molecule has 48 valence electrons. The molecule has 1 rings (SSSR count). The number of aromatic nitrogens is 1. The first-order valence-electron chi connectivity index (χ1n) is 2.34. The van der Waals surface area contributed by atoms with Crippen molar-refractivity contribution in [3.8, 4) is 0 Å². The summed E-state index contributed by atoms with van der Waals surface area (Å²) in [6.45, 7) is 0. The van der Waals surface area contributed by atoms with Crippen LogP contribution in [0.3, 0.4) is 0 Å². The Kier molecular flexibility index (Phi) is 1.89. The second kappa shape index (κ2) is 2.68. The quantitative estimate of drug-likeness (QED) is 0.463. The lowest BCUT2D eigenvalue weighted by molar-refractivity contribution is 0.613. The minimum absolute atomic E-state index is 0.292. The molecule has 0 bridgehead atoms. The third-order valence-corrected chi connectivity index (χ3v) is 1.29. The van der Waals surface area contributed by atoms with E-state index in [-0.39, 0.29) is 0 Å². The molecule has 9 heavy (non-hydrogen) atoms. The van der Waals surface area contributed by atoms with Gasteiger partial charge in [-0.3, -0.25) is 4.98 Å². The number of pyridine rings is 1. The molecule has 1 aromatic rings. The molecular weight excluding hydrogens is 139 g/mol. The third-order valence-electron chi connectivity index (χ3n) is 0.900. The molecule has 0 radical (unpaired) electrons. The molecule has 0 aliphatic rings. The van der Waals surface area contributed by atoms with Gasteiger partial charge >= 0.3 is 0 Å². The van der Waals surface area contributed by atoms with E-state index in [4.69, 9.17) is 0 Å². The van der Waals surface area contributed by atoms with Crippen molar-refractivity contribution >= 4 is 18.3 Å². The molecular formula is C5H5FN2S. The van der Waals surface area contributed by atoms with E-state index in [9.17, 15) is 4.48 Å². The van der Waals surface area contributed by atoms with E-state index < -0.39 is 0 Å². The van der Waals surface area contributed by atoms with Crippen LogP contribution in [0.5, 0.6) is 0 Å². The van der Waals surface area contributed by atoms with Crippen LogP contribution in [0.25, 0.3) is 0 Å². The van der Waals surface area contributed by atoms with E-state index in [1.807, 2.05) is 0 Å². The van der Waals surface area contributed by atoms with Crippen LogP contribution in [0.1, 0.15) is 0 Å². The van der Waals surface area contributed by atoms with Crippen LogP contribution in [0.15, 0.2) is 23.4 Å². The molecule has 1 N–H and O–H groups in total. The van der Waals surface area contributed by atoms with Crippen LogP contribution >= 0.6 is 12.6 Å². The Hall–Kier alpha value is -0.770. The van der Waals surface area contributed by atoms with Gasteiger partial charge in [0.1, 0.15) is 0 Å². The molecule has 1 heterocycles. The molecule has 2 nitrogen and oxygen atoms in total. The summed E-state index contributed by atoms with van der Waals surface area (Å²) in [4.78, 5) is 4.21. The maximum Gasteiger partial charge on any atom is 0.0971 e. The Bertz CT molecular complexity index is 204. The van der Waals surface area contributed by atoms with Crippen molar-refractivity contribution in [2.24, 2.45) is 0 Å². The van der Waals surface area contributed by atoms with E-state index in [1.54, 1.807) is 12.3 Å². The molecule has 0 aliphatic heterocycles. The van der Waals surface area contributed by atoms with Gasteiger partial charge in [-0.15, -0.1) is 17.1 Å². The van der Waals surface area contributed by atoms with Crippen LogP contribution in [0.2, 0.25) is 0 Å². The third kappa shape index (κ3) is 1.32. The Morgan fingerprint density at radius 1 is 1.67 bits per heavy atom. The summed E-state index contributed by atoms with van der Waals surface area (Å²) in [5.74, 6) is 0. The van der Waals surface area contributed by atoms with E-state index in [0.717, 1.165) is 0 Å². The zero-order chi connectivity index (χ0) is 6.69. The van der Waals surface area contributed by atoms with Gasteiger partial charge in [0.15, 0.2) is 0 Å². The van der Waals surface area contributed by atoms with Crippen molar-refractivity contribution in [1.29, 1.82) is 0 Å². The summed E-state index contributed by atoms with van der Waals surface area (Å²) in [7, 11) is 0. The Morgan fingerprint density at radius 3 is 2.89 bits per heavy atom. The van der Waals surface area contributed by atoms with Crippen molar-refractivity contribution in [3.63, 3.8) is 0 Å². The lowest BCUT2D eigenvalue weighted by Crippen LogP contribution is -1.83. The topological polar surface area (TPSA) is 24.9 Å². The minimum Gasteiger partial charge on any atom is -0.262 e. The smallest absolute Gasteiger partial charge is 0.0971 e. The van der Waals surface area contributed by atoms with Gasteiger partial charge in [-0.05, 0) is 6.07 Å². The number of rotatable bonds is 1. The number of nitrogens with one attached hydrogen (secondary N) is 1. The molecule has 0 spiro atoms. The second-order valence-electron chi connectivity index (χ2n) is 1.49. The lowest BCUT2D eigenvalue weighted by atomic mass is 10.4. The highest BCUT2D eigenvalue weighted by Crippen LogP contribution is 2.16. The van der Waals surface area contributed by atoms with E-state index >= 15 is 0 Å². The highest BCUT2D eigenvalue weighted by molar-refractivity contribution is 7.80. The zero-order valence-corrected chi connectivity index (χ0v) is 5.40. The molecule has 4 heteroatoms. The normalized spacial score (nSPS) is 9.11. The Morgan fingerprint density at radius 2 is 2.44 bits per heavy atom. The maximum absolute atomic E-state index is 11.6. The SMILES string of the molecule is FNc1cnccc1S. The van der Waals surface area contributed by atoms with Gasteiger partial charge in [0, 0.05) is 11.1 Å². The molecule has 0 amide bonds. The Balaban J connectivity index is 3.01. The van der Waals surface area contributed by atoms with Crippen molar-refractivity contribution < 1.29 is 4.48 Å². The van der Waals surface area contributed by atoms with Crippen LogP contribution in [0.4, 0.5) is 10.2 Å². The van der Waals surface area contributed by atoms with Crippen LogP contribution < -0.4 is 5.54 Å². The summed E-state index contributed by atoms with van der Waals surface area (Å²) in [5.41, 5.74) is 1.75. The number of hydrogen-bond acceptors (Lipinski definition) is 3. The average Bonchev–Trinajstić information content (AvgIpc) is 1.89. The molecule has 1 aromatic heterocycles. The van der Waals surface area contributed by atoms with Crippen LogP contribution in [-0.2, 0) is 0 Å². The van der Waals surface area contributed by atoms with E-state index in [2.05, 4.69) is 17.6 Å². The number of thiol groups is 1. The van der Waals surface area contributed by atoms with Crippen LogP contribution in [0, 0.1) is 0 Å². The molecule has 0 fully saturated rings. The first kappa shape index (κ1) is 6.35. The largest absolute Gasteiger partial charge is 0.262 e. The molecule has 0 atom stereocenters. The summed E-state index contributed by atoms with van der Waals surface area (Å²) in [6.07, 6.45) is 2.91. The molecule has 0 saturated carbocycles. The van der Waals surface area contributed by atoms with Gasteiger partial charge in [-0.2, -0.15) is 0 Å². The standard InChI is InChI=1S/C5H5FN2S/c6-8-4-3-7-2-1-5(4)9/h1-3,8H,(H,7,9). The number of hydrogen-bond donors (Lipinski definition) is 2. The summed E-state index contributed by atoms with van der Waals surface area (Å²) in [6, 6.07) is 1.60.